The van der Waals surface area contributed by atoms with E-state index in [0.717, 1.165) is 21.3 Å². The van der Waals surface area contributed by atoms with E-state index >= 15 is 0 Å². The molecule has 0 aliphatic heterocycles. The smallest absolute Gasteiger partial charge is 0.124 e. The molecule has 2 aromatic rings. The molecule has 2 nitrogen and oxygen atoms in total. The Balaban J connectivity index is 2.39. The van der Waals surface area contributed by atoms with Crippen molar-refractivity contribution in [3.05, 3.63) is 57.6 Å². The highest BCUT2D eigenvalue weighted by atomic mass is 79.9. The Morgan fingerprint density at radius 3 is 2.44 bits per heavy atom. The molecule has 0 atom stereocenters. The molecule has 0 aliphatic carbocycles. The maximum absolute atomic E-state index is 9.74. The molecular formula is C15H14BrNO. The Hall–Kier alpha value is -1.61. The van der Waals surface area contributed by atoms with Crippen LogP contribution in [0.3, 0.4) is 0 Å². The second kappa shape index (κ2) is 5.36. The number of hydrogen-bond donors (Lipinski definition) is 1. The third-order valence-corrected chi connectivity index (χ3v) is 3.26. The van der Waals surface area contributed by atoms with Crippen LogP contribution >= 0.6 is 15.9 Å². The van der Waals surface area contributed by atoms with Gasteiger partial charge in [0.1, 0.15) is 5.75 Å². The summed E-state index contributed by atoms with van der Waals surface area (Å²) in [5, 5.41) is 9.74. The molecule has 18 heavy (non-hydrogen) atoms. The second-order valence-corrected chi connectivity index (χ2v) is 5.12. The summed E-state index contributed by atoms with van der Waals surface area (Å²) in [6.45, 7) is 4.06. The van der Waals surface area contributed by atoms with Gasteiger partial charge in [-0.3, -0.25) is 4.99 Å². The quantitative estimate of drug-likeness (QED) is 0.813. The molecule has 0 aromatic heterocycles. The lowest BCUT2D eigenvalue weighted by Crippen LogP contribution is -1.85. The number of halogens is 1. The average Bonchev–Trinajstić information content (AvgIpc) is 2.33. The van der Waals surface area contributed by atoms with Gasteiger partial charge in [-0.25, -0.2) is 0 Å². The van der Waals surface area contributed by atoms with Crippen molar-refractivity contribution in [2.24, 2.45) is 4.99 Å². The van der Waals surface area contributed by atoms with E-state index in [4.69, 9.17) is 0 Å². The molecule has 0 amide bonds. The monoisotopic (exact) mass is 303 g/mol. The fraction of sp³-hybridized carbons (Fsp3) is 0.133. The number of rotatable bonds is 2. The topological polar surface area (TPSA) is 32.6 Å². The minimum Gasteiger partial charge on any atom is -0.507 e. The van der Waals surface area contributed by atoms with Crippen LogP contribution in [0.15, 0.2) is 45.9 Å². The summed E-state index contributed by atoms with van der Waals surface area (Å²) in [6, 6.07) is 11.4. The zero-order valence-corrected chi connectivity index (χ0v) is 11.9. The zero-order valence-electron chi connectivity index (χ0n) is 10.3. The van der Waals surface area contributed by atoms with Gasteiger partial charge in [0.15, 0.2) is 0 Å². The fourth-order valence-electron chi connectivity index (χ4n) is 1.77. The van der Waals surface area contributed by atoms with E-state index in [1.165, 1.54) is 0 Å². The second-order valence-electron chi connectivity index (χ2n) is 4.20. The predicted octanol–water partition coefficient (Wildman–Crippen LogP) is 4.52. The van der Waals surface area contributed by atoms with E-state index in [2.05, 4.69) is 20.9 Å². The van der Waals surface area contributed by atoms with Crippen LogP contribution in [0.5, 0.6) is 5.75 Å². The van der Waals surface area contributed by atoms with Gasteiger partial charge >= 0.3 is 0 Å². The van der Waals surface area contributed by atoms with E-state index in [0.29, 0.717) is 5.56 Å². The van der Waals surface area contributed by atoms with Crippen molar-refractivity contribution in [1.82, 2.24) is 0 Å². The van der Waals surface area contributed by atoms with Crippen molar-refractivity contribution in [2.45, 2.75) is 13.8 Å². The Labute approximate surface area is 115 Å². The molecule has 0 aliphatic rings. The minimum atomic E-state index is 0.230. The summed E-state index contributed by atoms with van der Waals surface area (Å²) in [5.74, 6) is 0.230. The molecule has 0 bridgehead atoms. The predicted molar refractivity (Wildman–Crippen MR) is 79.0 cm³/mol. The SMILES string of the molecule is Cc1cccc(C)c1N=Cc1cc(Br)ccc1O. The Bertz CT molecular complexity index is 585. The lowest BCUT2D eigenvalue weighted by atomic mass is 10.1. The summed E-state index contributed by atoms with van der Waals surface area (Å²) < 4.78 is 0.920. The number of aromatic hydroxyl groups is 1. The number of phenols is 1. The van der Waals surface area contributed by atoms with Gasteiger partial charge in [-0.1, -0.05) is 34.1 Å². The molecule has 0 unspecified atom stereocenters. The van der Waals surface area contributed by atoms with Gasteiger partial charge in [0, 0.05) is 16.3 Å². The number of hydrogen-bond acceptors (Lipinski definition) is 2. The van der Waals surface area contributed by atoms with Gasteiger partial charge in [-0.15, -0.1) is 0 Å². The highest BCUT2D eigenvalue weighted by molar-refractivity contribution is 9.10. The lowest BCUT2D eigenvalue weighted by molar-refractivity contribution is 0.474. The average molecular weight is 304 g/mol. The zero-order chi connectivity index (χ0) is 13.1. The molecule has 0 saturated heterocycles. The number of benzene rings is 2. The fourth-order valence-corrected chi connectivity index (χ4v) is 2.15. The van der Waals surface area contributed by atoms with Crippen molar-refractivity contribution in [1.29, 1.82) is 0 Å². The van der Waals surface area contributed by atoms with Crippen molar-refractivity contribution in [3.63, 3.8) is 0 Å². The molecule has 1 N–H and O–H groups in total. The van der Waals surface area contributed by atoms with Crippen molar-refractivity contribution < 1.29 is 5.11 Å². The van der Waals surface area contributed by atoms with E-state index in [9.17, 15) is 5.11 Å². The number of aliphatic imine (C=N–C) groups is 1. The standard InChI is InChI=1S/C15H14BrNO/c1-10-4-3-5-11(2)15(10)17-9-12-8-13(16)6-7-14(12)18/h3-9,18H,1-2H3. The number of nitrogens with zero attached hydrogens (tertiary/aromatic N) is 1. The Morgan fingerprint density at radius 2 is 1.78 bits per heavy atom. The van der Waals surface area contributed by atoms with Crippen LogP contribution in [0.1, 0.15) is 16.7 Å². The van der Waals surface area contributed by atoms with E-state index in [-0.39, 0.29) is 5.75 Å². The third-order valence-electron chi connectivity index (χ3n) is 2.76. The largest absolute Gasteiger partial charge is 0.507 e. The van der Waals surface area contributed by atoms with Crippen molar-refractivity contribution >= 4 is 27.8 Å². The molecule has 0 fully saturated rings. The van der Waals surface area contributed by atoms with Crippen LogP contribution in [-0.2, 0) is 0 Å². The van der Waals surface area contributed by atoms with Gasteiger partial charge in [-0.05, 0) is 43.2 Å². The summed E-state index contributed by atoms with van der Waals surface area (Å²) in [7, 11) is 0. The number of aryl methyl sites for hydroxylation is 2. The maximum Gasteiger partial charge on any atom is 0.124 e. The van der Waals surface area contributed by atoms with Gasteiger partial charge in [-0.2, -0.15) is 0 Å². The molecule has 0 spiro atoms. The molecule has 92 valence electrons. The van der Waals surface area contributed by atoms with Crippen LogP contribution in [-0.4, -0.2) is 11.3 Å². The van der Waals surface area contributed by atoms with Crippen LogP contribution in [0.4, 0.5) is 5.69 Å². The van der Waals surface area contributed by atoms with Crippen molar-refractivity contribution in [2.75, 3.05) is 0 Å². The normalized spacial score (nSPS) is 11.1. The van der Waals surface area contributed by atoms with Gasteiger partial charge in [0.25, 0.3) is 0 Å². The van der Waals surface area contributed by atoms with Crippen molar-refractivity contribution in [3.8, 4) is 5.75 Å². The van der Waals surface area contributed by atoms with Crippen LogP contribution in [0.2, 0.25) is 0 Å². The molecule has 0 heterocycles. The molecule has 0 radical (unpaired) electrons. The van der Waals surface area contributed by atoms with E-state index in [1.807, 2.05) is 38.1 Å². The molecule has 2 rings (SSSR count). The summed E-state index contributed by atoms with van der Waals surface area (Å²) in [5.41, 5.74) is 3.91. The summed E-state index contributed by atoms with van der Waals surface area (Å²) in [4.78, 5) is 4.47. The molecule has 3 heteroatoms. The van der Waals surface area contributed by atoms with E-state index < -0.39 is 0 Å². The molecular weight excluding hydrogens is 290 g/mol. The molecule has 2 aromatic carbocycles. The molecule has 0 saturated carbocycles. The maximum atomic E-state index is 9.74. The highest BCUT2D eigenvalue weighted by Gasteiger charge is 2.01. The van der Waals surface area contributed by atoms with Gasteiger partial charge < -0.3 is 5.11 Å². The van der Waals surface area contributed by atoms with Crippen LogP contribution < -0.4 is 0 Å². The summed E-state index contributed by atoms with van der Waals surface area (Å²) >= 11 is 3.38. The van der Waals surface area contributed by atoms with E-state index in [1.54, 1.807) is 18.3 Å². The summed E-state index contributed by atoms with van der Waals surface area (Å²) in [6.07, 6.45) is 1.69. The number of phenolic OH excluding ortho intramolecular Hbond substituents is 1. The first-order valence-electron chi connectivity index (χ1n) is 5.67. The first-order valence-corrected chi connectivity index (χ1v) is 6.46. The van der Waals surface area contributed by atoms with Crippen LogP contribution in [0.25, 0.3) is 0 Å². The lowest BCUT2D eigenvalue weighted by Gasteiger charge is -2.04. The first kappa shape index (κ1) is 12.8. The van der Waals surface area contributed by atoms with Gasteiger partial charge in [0.2, 0.25) is 0 Å². The Morgan fingerprint density at radius 1 is 1.11 bits per heavy atom. The minimum absolute atomic E-state index is 0.230. The Kier molecular flexibility index (Phi) is 3.82. The number of para-hydroxylation sites is 1. The highest BCUT2D eigenvalue weighted by Crippen LogP contribution is 2.25. The van der Waals surface area contributed by atoms with Gasteiger partial charge in [0.05, 0.1) is 5.69 Å². The van der Waals surface area contributed by atoms with Crippen LogP contribution in [0, 0.1) is 13.8 Å². The first-order chi connectivity index (χ1) is 8.58. The third kappa shape index (κ3) is 2.79.